The molecule has 1 aromatic carbocycles. The Bertz CT molecular complexity index is 560. The summed E-state index contributed by atoms with van der Waals surface area (Å²) in [4.78, 5) is 32.2. The van der Waals surface area contributed by atoms with Gasteiger partial charge in [0, 0.05) is 12.1 Å². The molecular formula is C11H11FN2O6. The van der Waals surface area contributed by atoms with Crippen LogP contribution in [-0.2, 0) is 4.79 Å². The maximum absolute atomic E-state index is 13.4. The Balaban J connectivity index is 3.05. The number of hydrogen-bond acceptors (Lipinski definition) is 5. The number of aliphatic hydroxyl groups excluding tert-OH is 1. The molecule has 0 aliphatic rings. The highest BCUT2D eigenvalue weighted by atomic mass is 19.1. The first-order valence-corrected chi connectivity index (χ1v) is 5.39. The van der Waals surface area contributed by atoms with E-state index in [4.69, 9.17) is 5.11 Å². The van der Waals surface area contributed by atoms with Gasteiger partial charge in [0.15, 0.2) is 6.04 Å². The van der Waals surface area contributed by atoms with Crippen LogP contribution in [0.4, 0.5) is 10.1 Å². The summed E-state index contributed by atoms with van der Waals surface area (Å²) in [6.45, 7) is 1.13. The molecule has 3 N–H and O–H groups in total. The highest BCUT2D eigenvalue weighted by Gasteiger charge is 2.27. The first-order valence-electron chi connectivity index (χ1n) is 5.39. The van der Waals surface area contributed by atoms with Crippen molar-refractivity contribution in [2.45, 2.75) is 19.1 Å². The number of carbonyl (C=O) groups is 2. The third kappa shape index (κ3) is 3.48. The van der Waals surface area contributed by atoms with Gasteiger partial charge in [-0.05, 0) is 13.0 Å². The van der Waals surface area contributed by atoms with Crippen LogP contribution in [0.5, 0.6) is 0 Å². The van der Waals surface area contributed by atoms with Crippen LogP contribution < -0.4 is 5.32 Å². The summed E-state index contributed by atoms with van der Waals surface area (Å²) in [5.41, 5.74) is -1.19. The van der Waals surface area contributed by atoms with Crippen LogP contribution in [-0.4, -0.2) is 39.2 Å². The van der Waals surface area contributed by atoms with Gasteiger partial charge in [0.1, 0.15) is 5.82 Å². The second-order valence-corrected chi connectivity index (χ2v) is 3.95. The summed E-state index contributed by atoms with van der Waals surface area (Å²) in [6, 6.07) is 0.632. The minimum atomic E-state index is -1.65. The highest BCUT2D eigenvalue weighted by molar-refractivity contribution is 5.97. The summed E-state index contributed by atoms with van der Waals surface area (Å²) in [5.74, 6) is -3.72. The van der Waals surface area contributed by atoms with Gasteiger partial charge in [-0.2, -0.15) is 0 Å². The topological polar surface area (TPSA) is 130 Å². The number of non-ortho nitro benzene ring substituents is 1. The van der Waals surface area contributed by atoms with Gasteiger partial charge < -0.3 is 15.5 Å². The number of rotatable bonds is 5. The molecule has 2 unspecified atom stereocenters. The molecule has 9 heteroatoms. The van der Waals surface area contributed by atoms with E-state index < -0.39 is 46.0 Å². The van der Waals surface area contributed by atoms with Crippen LogP contribution >= 0.6 is 0 Å². The van der Waals surface area contributed by atoms with Crippen LogP contribution in [0.3, 0.4) is 0 Å². The Morgan fingerprint density at radius 1 is 1.45 bits per heavy atom. The summed E-state index contributed by atoms with van der Waals surface area (Å²) in [7, 11) is 0. The molecule has 2 atom stereocenters. The normalized spacial score (nSPS) is 13.3. The monoisotopic (exact) mass is 286 g/mol. The number of carboxylic acids is 1. The van der Waals surface area contributed by atoms with E-state index in [1.165, 1.54) is 0 Å². The predicted octanol–water partition coefficient (Wildman–Crippen LogP) is 0.298. The van der Waals surface area contributed by atoms with Crippen molar-refractivity contribution in [2.24, 2.45) is 0 Å². The molecule has 0 heterocycles. The first-order chi connectivity index (χ1) is 9.23. The van der Waals surface area contributed by atoms with Crippen molar-refractivity contribution in [3.63, 3.8) is 0 Å². The quantitative estimate of drug-likeness (QED) is 0.527. The average molecular weight is 286 g/mol. The number of amides is 1. The Morgan fingerprint density at radius 2 is 2.05 bits per heavy atom. The van der Waals surface area contributed by atoms with Crippen molar-refractivity contribution < 1.29 is 29.1 Å². The van der Waals surface area contributed by atoms with E-state index in [1.54, 1.807) is 0 Å². The minimum absolute atomic E-state index is 0.513. The molecule has 0 radical (unpaired) electrons. The number of nitrogens with one attached hydrogen (secondary N) is 1. The molecule has 0 spiro atoms. The summed E-state index contributed by atoms with van der Waals surface area (Å²) >= 11 is 0. The molecule has 20 heavy (non-hydrogen) atoms. The summed E-state index contributed by atoms with van der Waals surface area (Å²) in [5, 5.41) is 30.4. The van der Waals surface area contributed by atoms with E-state index >= 15 is 0 Å². The van der Waals surface area contributed by atoms with Crippen LogP contribution in [0, 0.1) is 15.9 Å². The lowest BCUT2D eigenvalue weighted by Gasteiger charge is -2.17. The SMILES string of the molecule is CC(O)C(NC(=O)c1cc([N+](=O)[O-])ccc1F)C(=O)O. The number of halogens is 1. The van der Waals surface area contributed by atoms with Crippen molar-refractivity contribution in [1.82, 2.24) is 5.32 Å². The molecular weight excluding hydrogens is 275 g/mol. The lowest BCUT2D eigenvalue weighted by Crippen LogP contribution is -2.47. The van der Waals surface area contributed by atoms with Gasteiger partial charge in [-0.3, -0.25) is 14.9 Å². The van der Waals surface area contributed by atoms with Gasteiger partial charge in [0.25, 0.3) is 11.6 Å². The molecule has 1 amide bonds. The Kier molecular flexibility index (Phi) is 4.70. The standard InChI is InChI=1S/C11H11FN2O6/c1-5(15)9(11(17)18)13-10(16)7-4-6(14(19)20)2-3-8(7)12/h2-5,9,15H,1H3,(H,13,16)(H,17,18). The van der Waals surface area contributed by atoms with E-state index in [1.807, 2.05) is 5.32 Å². The molecule has 8 nitrogen and oxygen atoms in total. The third-order valence-corrected chi connectivity index (χ3v) is 2.44. The molecule has 1 aromatic rings. The van der Waals surface area contributed by atoms with E-state index in [9.17, 15) is 29.2 Å². The summed E-state index contributed by atoms with van der Waals surface area (Å²) < 4.78 is 13.4. The van der Waals surface area contributed by atoms with Crippen LogP contribution in [0.1, 0.15) is 17.3 Å². The van der Waals surface area contributed by atoms with E-state index in [0.29, 0.717) is 6.07 Å². The number of aliphatic hydroxyl groups is 1. The van der Waals surface area contributed by atoms with Crippen LogP contribution in [0.25, 0.3) is 0 Å². The van der Waals surface area contributed by atoms with Crippen molar-refractivity contribution in [1.29, 1.82) is 0 Å². The van der Waals surface area contributed by atoms with Gasteiger partial charge in [-0.1, -0.05) is 0 Å². The molecule has 0 aromatic heterocycles. The molecule has 0 fully saturated rings. The molecule has 0 aliphatic heterocycles. The zero-order valence-corrected chi connectivity index (χ0v) is 10.2. The lowest BCUT2D eigenvalue weighted by atomic mass is 10.1. The molecule has 0 aliphatic carbocycles. The molecule has 1 rings (SSSR count). The third-order valence-electron chi connectivity index (χ3n) is 2.44. The van der Waals surface area contributed by atoms with Crippen molar-refractivity contribution in [3.8, 4) is 0 Å². The van der Waals surface area contributed by atoms with Gasteiger partial charge in [0.05, 0.1) is 16.6 Å². The Morgan fingerprint density at radius 3 is 2.50 bits per heavy atom. The number of carboxylic acid groups (broad SMARTS) is 1. The molecule has 0 saturated heterocycles. The maximum atomic E-state index is 13.4. The number of carbonyl (C=O) groups excluding carboxylic acids is 1. The van der Waals surface area contributed by atoms with Crippen molar-refractivity contribution in [3.05, 3.63) is 39.7 Å². The zero-order valence-electron chi connectivity index (χ0n) is 10.2. The van der Waals surface area contributed by atoms with Crippen molar-refractivity contribution in [2.75, 3.05) is 0 Å². The van der Waals surface area contributed by atoms with Crippen molar-refractivity contribution >= 4 is 17.6 Å². The highest BCUT2D eigenvalue weighted by Crippen LogP contribution is 2.17. The molecule has 0 bridgehead atoms. The van der Waals surface area contributed by atoms with Gasteiger partial charge in [-0.25, -0.2) is 9.18 Å². The largest absolute Gasteiger partial charge is 0.480 e. The zero-order chi connectivity index (χ0) is 15.4. The number of benzene rings is 1. The number of nitrogens with zero attached hydrogens (tertiary/aromatic N) is 1. The molecule has 108 valence electrons. The lowest BCUT2D eigenvalue weighted by molar-refractivity contribution is -0.384. The first kappa shape index (κ1) is 15.5. The Hall–Kier alpha value is -2.55. The predicted molar refractivity (Wildman–Crippen MR) is 63.6 cm³/mol. The van der Waals surface area contributed by atoms with E-state index in [0.717, 1.165) is 19.1 Å². The Labute approximate surface area is 112 Å². The fourth-order valence-corrected chi connectivity index (χ4v) is 1.41. The smallest absolute Gasteiger partial charge is 0.328 e. The van der Waals surface area contributed by atoms with E-state index in [2.05, 4.69) is 0 Å². The second-order valence-electron chi connectivity index (χ2n) is 3.95. The van der Waals surface area contributed by atoms with Crippen LogP contribution in [0.15, 0.2) is 18.2 Å². The number of aliphatic carboxylic acids is 1. The second kappa shape index (κ2) is 6.06. The number of hydrogen-bond donors (Lipinski definition) is 3. The molecule has 0 saturated carbocycles. The maximum Gasteiger partial charge on any atom is 0.328 e. The van der Waals surface area contributed by atoms with Gasteiger partial charge in [-0.15, -0.1) is 0 Å². The van der Waals surface area contributed by atoms with E-state index in [-0.39, 0.29) is 0 Å². The minimum Gasteiger partial charge on any atom is -0.480 e. The average Bonchev–Trinajstić information content (AvgIpc) is 2.34. The van der Waals surface area contributed by atoms with Gasteiger partial charge >= 0.3 is 5.97 Å². The van der Waals surface area contributed by atoms with Gasteiger partial charge in [0.2, 0.25) is 0 Å². The fraction of sp³-hybridized carbons (Fsp3) is 0.273. The fourth-order valence-electron chi connectivity index (χ4n) is 1.41. The number of nitro groups is 1. The van der Waals surface area contributed by atoms with Crippen LogP contribution in [0.2, 0.25) is 0 Å². The number of nitro benzene ring substituents is 1. The summed E-state index contributed by atoms with van der Waals surface area (Å²) in [6.07, 6.45) is -1.42.